The summed E-state index contributed by atoms with van der Waals surface area (Å²) in [5.74, 6) is 0.804. The standard InChI is InChI=1S/C13H20N2O2/c1-5-11-9(3)10(4)12(17-11)15-7-8(2)6-14-13(15)16/h6-7,9-12H,5H2,1-4H3/t9-,10+,11+,12+/m0/s1. The molecule has 4 atom stereocenters. The van der Waals surface area contributed by atoms with Gasteiger partial charge in [0.1, 0.15) is 6.23 Å². The fraction of sp³-hybridized carbons (Fsp3) is 0.692. The van der Waals surface area contributed by atoms with Gasteiger partial charge in [0.05, 0.1) is 6.10 Å². The fourth-order valence-electron chi connectivity index (χ4n) is 2.53. The van der Waals surface area contributed by atoms with Crippen LogP contribution in [-0.4, -0.2) is 15.7 Å². The van der Waals surface area contributed by atoms with E-state index in [-0.39, 0.29) is 18.0 Å². The molecule has 1 aromatic rings. The molecule has 1 aromatic heterocycles. The predicted molar refractivity (Wildman–Crippen MR) is 65.8 cm³/mol. The van der Waals surface area contributed by atoms with Crippen LogP contribution in [0.2, 0.25) is 0 Å². The van der Waals surface area contributed by atoms with E-state index in [1.54, 1.807) is 10.8 Å². The Morgan fingerprint density at radius 2 is 2.12 bits per heavy atom. The van der Waals surface area contributed by atoms with Crippen LogP contribution in [0.25, 0.3) is 0 Å². The number of nitrogens with zero attached hydrogens (tertiary/aromatic N) is 2. The molecule has 0 amide bonds. The first kappa shape index (κ1) is 12.3. The second-order valence-electron chi connectivity index (χ2n) is 5.01. The van der Waals surface area contributed by atoms with E-state index in [0.717, 1.165) is 12.0 Å². The van der Waals surface area contributed by atoms with Crippen molar-refractivity contribution in [1.29, 1.82) is 0 Å². The van der Waals surface area contributed by atoms with Crippen LogP contribution >= 0.6 is 0 Å². The molecule has 1 aliphatic heterocycles. The summed E-state index contributed by atoms with van der Waals surface area (Å²) in [4.78, 5) is 15.6. The van der Waals surface area contributed by atoms with Crippen LogP contribution < -0.4 is 5.69 Å². The lowest BCUT2D eigenvalue weighted by Gasteiger charge is -2.18. The molecule has 4 heteroatoms. The Labute approximate surface area is 102 Å². The zero-order chi connectivity index (χ0) is 12.6. The molecule has 2 heterocycles. The van der Waals surface area contributed by atoms with Crippen molar-refractivity contribution in [2.24, 2.45) is 11.8 Å². The highest BCUT2D eigenvalue weighted by atomic mass is 16.5. The van der Waals surface area contributed by atoms with Crippen LogP contribution in [0.1, 0.15) is 39.0 Å². The zero-order valence-electron chi connectivity index (χ0n) is 10.9. The minimum Gasteiger partial charge on any atom is -0.354 e. The summed E-state index contributed by atoms with van der Waals surface area (Å²) in [6.07, 6.45) is 4.48. The largest absolute Gasteiger partial charge is 0.354 e. The molecular weight excluding hydrogens is 216 g/mol. The first-order valence-electron chi connectivity index (χ1n) is 6.24. The van der Waals surface area contributed by atoms with E-state index in [1.807, 2.05) is 13.1 Å². The zero-order valence-corrected chi connectivity index (χ0v) is 10.9. The number of rotatable bonds is 2. The van der Waals surface area contributed by atoms with Crippen molar-refractivity contribution >= 4 is 0 Å². The molecule has 4 nitrogen and oxygen atoms in total. The van der Waals surface area contributed by atoms with Gasteiger partial charge in [-0.15, -0.1) is 0 Å². The third-order valence-corrected chi connectivity index (χ3v) is 3.80. The topological polar surface area (TPSA) is 44.1 Å². The lowest BCUT2D eigenvalue weighted by atomic mass is 9.91. The third kappa shape index (κ3) is 2.14. The van der Waals surface area contributed by atoms with Gasteiger partial charge < -0.3 is 4.74 Å². The summed E-state index contributed by atoms with van der Waals surface area (Å²) in [5.41, 5.74) is 0.754. The molecular formula is C13H20N2O2. The number of hydrogen-bond donors (Lipinski definition) is 0. The quantitative estimate of drug-likeness (QED) is 0.790. The maximum atomic E-state index is 11.8. The lowest BCUT2D eigenvalue weighted by Crippen LogP contribution is -2.29. The maximum absolute atomic E-state index is 11.8. The van der Waals surface area contributed by atoms with E-state index in [9.17, 15) is 4.79 Å². The molecule has 2 rings (SSSR count). The van der Waals surface area contributed by atoms with Gasteiger partial charge in [0.25, 0.3) is 0 Å². The van der Waals surface area contributed by atoms with Gasteiger partial charge in [-0.1, -0.05) is 20.8 Å². The van der Waals surface area contributed by atoms with E-state index in [4.69, 9.17) is 4.74 Å². The molecule has 0 N–H and O–H groups in total. The Hall–Kier alpha value is -1.16. The molecule has 0 saturated carbocycles. The van der Waals surface area contributed by atoms with Crippen molar-refractivity contribution in [3.05, 3.63) is 28.4 Å². The first-order chi connectivity index (χ1) is 8.04. The van der Waals surface area contributed by atoms with Crippen molar-refractivity contribution in [3.8, 4) is 0 Å². The highest BCUT2D eigenvalue weighted by Gasteiger charge is 2.39. The van der Waals surface area contributed by atoms with Crippen molar-refractivity contribution < 1.29 is 4.74 Å². The number of hydrogen-bond acceptors (Lipinski definition) is 3. The lowest BCUT2D eigenvalue weighted by molar-refractivity contribution is -0.0169. The van der Waals surface area contributed by atoms with Crippen LogP contribution in [0.3, 0.4) is 0 Å². The van der Waals surface area contributed by atoms with E-state index >= 15 is 0 Å². The SMILES string of the molecule is CC[C@H]1O[C@@H](n2cc(C)cnc2=O)[C@H](C)[C@@H]1C. The summed E-state index contributed by atoms with van der Waals surface area (Å²) >= 11 is 0. The van der Waals surface area contributed by atoms with E-state index in [2.05, 4.69) is 25.8 Å². The summed E-state index contributed by atoms with van der Waals surface area (Å²) in [6.45, 7) is 8.38. The second kappa shape index (κ2) is 4.61. The fourth-order valence-corrected chi connectivity index (χ4v) is 2.53. The Bertz CT molecular complexity index is 455. The Morgan fingerprint density at radius 1 is 1.41 bits per heavy atom. The average molecular weight is 236 g/mol. The number of aryl methyl sites for hydroxylation is 1. The van der Waals surface area contributed by atoms with E-state index in [1.165, 1.54) is 0 Å². The Kier molecular flexibility index (Phi) is 3.33. The molecule has 0 radical (unpaired) electrons. The van der Waals surface area contributed by atoms with Gasteiger partial charge in [-0.25, -0.2) is 9.78 Å². The van der Waals surface area contributed by atoms with Crippen LogP contribution in [0.15, 0.2) is 17.2 Å². The summed E-state index contributed by atoms with van der Waals surface area (Å²) in [5, 5.41) is 0. The van der Waals surface area contributed by atoms with Gasteiger partial charge in [0.15, 0.2) is 0 Å². The van der Waals surface area contributed by atoms with Crippen molar-refractivity contribution in [1.82, 2.24) is 9.55 Å². The average Bonchev–Trinajstić information content (AvgIpc) is 2.59. The first-order valence-corrected chi connectivity index (χ1v) is 6.24. The van der Waals surface area contributed by atoms with Crippen LogP contribution in [-0.2, 0) is 4.74 Å². The predicted octanol–water partition coefficient (Wildman–Crippen LogP) is 2.13. The Balaban J connectivity index is 2.35. The van der Waals surface area contributed by atoms with Gasteiger partial charge >= 0.3 is 5.69 Å². The number of aromatic nitrogens is 2. The minimum absolute atomic E-state index is 0.171. The molecule has 0 aromatic carbocycles. The van der Waals surface area contributed by atoms with Crippen molar-refractivity contribution in [3.63, 3.8) is 0 Å². The van der Waals surface area contributed by atoms with Crippen LogP contribution in [0, 0.1) is 18.8 Å². The third-order valence-electron chi connectivity index (χ3n) is 3.80. The Morgan fingerprint density at radius 3 is 2.71 bits per heavy atom. The van der Waals surface area contributed by atoms with Gasteiger partial charge in [-0.05, 0) is 24.8 Å². The number of ether oxygens (including phenoxy) is 1. The molecule has 1 aliphatic rings. The van der Waals surface area contributed by atoms with E-state index < -0.39 is 0 Å². The molecule has 0 bridgehead atoms. The monoisotopic (exact) mass is 236 g/mol. The summed E-state index contributed by atoms with van der Waals surface area (Å²) in [6, 6.07) is 0. The van der Waals surface area contributed by atoms with E-state index in [0.29, 0.717) is 11.8 Å². The van der Waals surface area contributed by atoms with Crippen LogP contribution in [0.5, 0.6) is 0 Å². The normalized spacial score (nSPS) is 32.9. The summed E-state index contributed by atoms with van der Waals surface area (Å²) < 4.78 is 7.61. The second-order valence-corrected chi connectivity index (χ2v) is 5.01. The van der Waals surface area contributed by atoms with Crippen molar-refractivity contribution in [2.75, 3.05) is 0 Å². The van der Waals surface area contributed by atoms with Gasteiger partial charge in [0, 0.05) is 18.3 Å². The smallest absolute Gasteiger partial charge is 0.349 e. The molecule has 0 spiro atoms. The molecule has 17 heavy (non-hydrogen) atoms. The molecule has 94 valence electrons. The van der Waals surface area contributed by atoms with Crippen molar-refractivity contribution in [2.45, 2.75) is 46.4 Å². The summed E-state index contributed by atoms with van der Waals surface area (Å²) in [7, 11) is 0. The van der Waals surface area contributed by atoms with Crippen LogP contribution in [0.4, 0.5) is 0 Å². The molecule has 1 fully saturated rings. The van der Waals surface area contributed by atoms with Gasteiger partial charge in [-0.2, -0.15) is 0 Å². The van der Waals surface area contributed by atoms with Gasteiger partial charge in [0.2, 0.25) is 0 Å². The highest BCUT2D eigenvalue weighted by Crippen LogP contribution is 2.39. The molecule has 1 saturated heterocycles. The molecule has 0 aliphatic carbocycles. The maximum Gasteiger partial charge on any atom is 0.349 e. The highest BCUT2D eigenvalue weighted by molar-refractivity contribution is 5.01. The minimum atomic E-state index is -0.226. The molecule has 0 unspecified atom stereocenters. The van der Waals surface area contributed by atoms with Gasteiger partial charge in [-0.3, -0.25) is 4.57 Å².